The van der Waals surface area contributed by atoms with Crippen molar-refractivity contribution < 1.29 is 22.5 Å². The monoisotopic (exact) mass is 326 g/mol. The molecule has 0 unspecified atom stereocenters. The van der Waals surface area contributed by atoms with Crippen molar-refractivity contribution in [2.45, 2.75) is 31.6 Å². The molecule has 1 aromatic carbocycles. The van der Waals surface area contributed by atoms with E-state index < -0.39 is 12.1 Å². The fourth-order valence-corrected chi connectivity index (χ4v) is 1.87. The maximum absolute atomic E-state index is 12.4. The minimum atomic E-state index is -4.66. The van der Waals surface area contributed by atoms with Crippen molar-refractivity contribution in [2.24, 2.45) is 0 Å². The number of hydrogen-bond donors (Lipinski definition) is 2. The SMILES string of the molecule is O=C(NCc1ccc(-c2noc(C(F)(F)F)n2)cc1)NC1CC1. The zero-order chi connectivity index (χ0) is 16.4. The zero-order valence-corrected chi connectivity index (χ0v) is 11.9. The third-order valence-electron chi connectivity index (χ3n) is 3.25. The van der Waals surface area contributed by atoms with Gasteiger partial charge in [-0.05, 0) is 18.4 Å². The van der Waals surface area contributed by atoms with Crippen LogP contribution in [0, 0.1) is 0 Å². The lowest BCUT2D eigenvalue weighted by molar-refractivity contribution is -0.159. The number of benzene rings is 1. The molecule has 2 amide bonds. The molecular weight excluding hydrogens is 313 g/mol. The Kier molecular flexibility index (Phi) is 3.93. The normalized spacial score (nSPS) is 14.6. The van der Waals surface area contributed by atoms with Crippen LogP contribution in [0.25, 0.3) is 11.4 Å². The van der Waals surface area contributed by atoms with E-state index in [0.29, 0.717) is 12.1 Å². The van der Waals surface area contributed by atoms with E-state index >= 15 is 0 Å². The highest BCUT2D eigenvalue weighted by Gasteiger charge is 2.38. The van der Waals surface area contributed by atoms with E-state index in [9.17, 15) is 18.0 Å². The molecule has 3 rings (SSSR count). The van der Waals surface area contributed by atoms with E-state index in [-0.39, 0.29) is 17.9 Å². The van der Waals surface area contributed by atoms with Gasteiger partial charge in [0.25, 0.3) is 0 Å². The topological polar surface area (TPSA) is 80.1 Å². The molecule has 1 saturated carbocycles. The summed E-state index contributed by atoms with van der Waals surface area (Å²) < 4.78 is 41.4. The van der Waals surface area contributed by atoms with Gasteiger partial charge >= 0.3 is 18.1 Å². The van der Waals surface area contributed by atoms with E-state index in [1.807, 2.05) is 0 Å². The van der Waals surface area contributed by atoms with Crippen LogP contribution in [0.1, 0.15) is 24.3 Å². The number of amides is 2. The van der Waals surface area contributed by atoms with Gasteiger partial charge in [-0.1, -0.05) is 29.4 Å². The molecule has 1 aliphatic rings. The molecule has 2 aromatic rings. The van der Waals surface area contributed by atoms with E-state index in [0.717, 1.165) is 18.4 Å². The third kappa shape index (κ3) is 3.99. The molecule has 0 atom stereocenters. The standard InChI is InChI=1S/C14H13F3N4O2/c15-14(16,17)12-20-11(21-23-12)9-3-1-8(2-4-9)7-18-13(22)19-10-5-6-10/h1-4,10H,5-7H2,(H2,18,19,22). The first-order chi connectivity index (χ1) is 10.9. The number of nitrogens with zero attached hydrogens (tertiary/aromatic N) is 2. The van der Waals surface area contributed by atoms with Gasteiger partial charge in [-0.25, -0.2) is 4.79 Å². The number of carbonyl (C=O) groups is 1. The van der Waals surface area contributed by atoms with E-state index in [1.54, 1.807) is 24.3 Å². The van der Waals surface area contributed by atoms with Crippen LogP contribution in [0.2, 0.25) is 0 Å². The Balaban J connectivity index is 1.60. The minimum absolute atomic E-state index is 0.136. The van der Waals surface area contributed by atoms with Crippen molar-refractivity contribution in [1.29, 1.82) is 0 Å². The number of hydrogen-bond acceptors (Lipinski definition) is 4. The molecule has 6 nitrogen and oxygen atoms in total. The number of alkyl halides is 3. The van der Waals surface area contributed by atoms with Gasteiger partial charge in [0, 0.05) is 18.2 Å². The summed E-state index contributed by atoms with van der Waals surface area (Å²) in [5.41, 5.74) is 1.20. The first-order valence-corrected chi connectivity index (χ1v) is 6.96. The number of carbonyl (C=O) groups excluding carboxylic acids is 1. The molecule has 1 aliphatic carbocycles. The van der Waals surface area contributed by atoms with Crippen molar-refractivity contribution >= 4 is 6.03 Å². The van der Waals surface area contributed by atoms with Gasteiger partial charge in [-0.2, -0.15) is 18.2 Å². The lowest BCUT2D eigenvalue weighted by atomic mass is 10.1. The molecule has 0 spiro atoms. The van der Waals surface area contributed by atoms with E-state index in [1.165, 1.54) is 0 Å². The second kappa shape index (κ2) is 5.90. The van der Waals surface area contributed by atoms with Crippen LogP contribution >= 0.6 is 0 Å². The average molecular weight is 326 g/mol. The first kappa shape index (κ1) is 15.3. The molecule has 1 heterocycles. The highest BCUT2D eigenvalue weighted by atomic mass is 19.4. The smallest absolute Gasteiger partial charge is 0.335 e. The van der Waals surface area contributed by atoms with Gasteiger partial charge in [-0.3, -0.25) is 0 Å². The Morgan fingerprint density at radius 3 is 2.52 bits per heavy atom. The summed E-state index contributed by atoms with van der Waals surface area (Å²) >= 11 is 0. The molecule has 0 radical (unpaired) electrons. The van der Waals surface area contributed by atoms with E-state index in [2.05, 4.69) is 25.3 Å². The summed E-state index contributed by atoms with van der Waals surface area (Å²) in [4.78, 5) is 14.8. The Hall–Kier alpha value is -2.58. The van der Waals surface area contributed by atoms with Crippen molar-refractivity contribution in [3.05, 3.63) is 35.7 Å². The number of halogens is 3. The maximum atomic E-state index is 12.4. The Bertz CT molecular complexity index is 693. The van der Waals surface area contributed by atoms with Gasteiger partial charge in [-0.15, -0.1) is 0 Å². The van der Waals surface area contributed by atoms with Gasteiger partial charge in [0.15, 0.2) is 0 Å². The molecule has 1 fully saturated rings. The van der Waals surface area contributed by atoms with Gasteiger partial charge in [0.1, 0.15) is 0 Å². The largest absolute Gasteiger partial charge is 0.471 e. The Morgan fingerprint density at radius 2 is 1.96 bits per heavy atom. The molecule has 0 bridgehead atoms. The number of rotatable bonds is 4. The fourth-order valence-electron chi connectivity index (χ4n) is 1.87. The molecular formula is C14H13F3N4O2. The summed E-state index contributed by atoms with van der Waals surface area (Å²) in [6.45, 7) is 0.318. The summed E-state index contributed by atoms with van der Waals surface area (Å²) in [6.07, 6.45) is -2.65. The molecule has 9 heteroatoms. The van der Waals surface area contributed by atoms with Crippen LogP contribution in [0.5, 0.6) is 0 Å². The van der Waals surface area contributed by atoms with Crippen molar-refractivity contribution in [3.63, 3.8) is 0 Å². The number of aromatic nitrogens is 2. The zero-order valence-electron chi connectivity index (χ0n) is 11.9. The van der Waals surface area contributed by atoms with Crippen molar-refractivity contribution in [3.8, 4) is 11.4 Å². The summed E-state index contributed by atoms with van der Waals surface area (Å²) in [5.74, 6) is -1.52. The second-order valence-corrected chi connectivity index (χ2v) is 5.22. The first-order valence-electron chi connectivity index (χ1n) is 6.96. The van der Waals surface area contributed by atoms with Crippen LogP contribution in [-0.2, 0) is 12.7 Å². The van der Waals surface area contributed by atoms with Crippen LogP contribution in [0.15, 0.2) is 28.8 Å². The quantitative estimate of drug-likeness (QED) is 0.905. The lowest BCUT2D eigenvalue weighted by Gasteiger charge is -2.06. The van der Waals surface area contributed by atoms with Crippen molar-refractivity contribution in [1.82, 2.24) is 20.8 Å². The fraction of sp³-hybridized carbons (Fsp3) is 0.357. The summed E-state index contributed by atoms with van der Waals surface area (Å²) in [5, 5.41) is 8.80. The third-order valence-corrected chi connectivity index (χ3v) is 3.25. The van der Waals surface area contributed by atoms with Gasteiger partial charge in [0.05, 0.1) is 0 Å². The van der Waals surface area contributed by atoms with Crippen LogP contribution in [0.3, 0.4) is 0 Å². The Labute approximate surface area is 129 Å². The number of urea groups is 1. The molecule has 2 N–H and O–H groups in total. The lowest BCUT2D eigenvalue weighted by Crippen LogP contribution is -2.36. The molecule has 0 aliphatic heterocycles. The molecule has 0 saturated heterocycles. The Morgan fingerprint density at radius 1 is 1.26 bits per heavy atom. The van der Waals surface area contributed by atoms with Crippen LogP contribution in [-0.4, -0.2) is 22.2 Å². The second-order valence-electron chi connectivity index (χ2n) is 5.22. The average Bonchev–Trinajstić information content (AvgIpc) is 3.16. The predicted octanol–water partition coefficient (Wildman–Crippen LogP) is 2.72. The maximum Gasteiger partial charge on any atom is 0.471 e. The van der Waals surface area contributed by atoms with E-state index in [4.69, 9.17) is 0 Å². The number of nitrogens with one attached hydrogen (secondary N) is 2. The van der Waals surface area contributed by atoms with Gasteiger partial charge in [0.2, 0.25) is 5.82 Å². The predicted molar refractivity (Wildman–Crippen MR) is 73.1 cm³/mol. The minimum Gasteiger partial charge on any atom is -0.335 e. The summed E-state index contributed by atoms with van der Waals surface area (Å²) in [6, 6.07) is 6.54. The molecule has 122 valence electrons. The molecule has 1 aromatic heterocycles. The summed E-state index contributed by atoms with van der Waals surface area (Å²) in [7, 11) is 0. The highest BCUT2D eigenvalue weighted by Crippen LogP contribution is 2.29. The van der Waals surface area contributed by atoms with Crippen LogP contribution < -0.4 is 10.6 Å². The molecule has 23 heavy (non-hydrogen) atoms. The highest BCUT2D eigenvalue weighted by molar-refractivity contribution is 5.74. The van der Waals surface area contributed by atoms with Crippen LogP contribution in [0.4, 0.5) is 18.0 Å². The van der Waals surface area contributed by atoms with Gasteiger partial charge < -0.3 is 15.2 Å². The van der Waals surface area contributed by atoms with Crippen molar-refractivity contribution in [2.75, 3.05) is 0 Å².